The Morgan fingerprint density at radius 3 is 2.83 bits per heavy atom. The number of aryl methyl sites for hydroxylation is 1. The Morgan fingerprint density at radius 1 is 1.39 bits per heavy atom. The summed E-state index contributed by atoms with van der Waals surface area (Å²) in [7, 11) is 0. The van der Waals surface area contributed by atoms with E-state index in [0.29, 0.717) is 6.54 Å². The molecule has 5 heteroatoms. The van der Waals surface area contributed by atoms with Gasteiger partial charge < -0.3 is 10.2 Å². The summed E-state index contributed by atoms with van der Waals surface area (Å²) in [5.74, 6) is 0. The maximum absolute atomic E-state index is 9.97. The first-order chi connectivity index (χ1) is 11.0. The zero-order valence-corrected chi connectivity index (χ0v) is 14.8. The monoisotopic (exact) mass is 321 g/mol. The highest BCUT2D eigenvalue weighted by Crippen LogP contribution is 2.34. The molecule has 1 atom stereocenters. The standard InChI is InChI=1S/C18H31N3O2/c1-15(2)5-7-18(14-23)6-4-8-20(13-18)11-17-12-21(9-10-22)19-16(17)3/h5,12,22-23H,4,6-11,13-14H2,1-3H3. The molecule has 0 spiro atoms. The van der Waals surface area contributed by atoms with Gasteiger partial charge in [0.05, 0.1) is 25.5 Å². The maximum atomic E-state index is 9.97. The van der Waals surface area contributed by atoms with Gasteiger partial charge in [-0.15, -0.1) is 0 Å². The third-order valence-corrected chi connectivity index (χ3v) is 4.79. The molecule has 2 rings (SSSR count). The fraction of sp³-hybridized carbons (Fsp3) is 0.722. The van der Waals surface area contributed by atoms with Crippen LogP contribution in [0, 0.1) is 12.3 Å². The molecule has 0 amide bonds. The van der Waals surface area contributed by atoms with Crippen molar-refractivity contribution in [3.05, 3.63) is 29.1 Å². The van der Waals surface area contributed by atoms with Crippen molar-refractivity contribution in [3.63, 3.8) is 0 Å². The summed E-state index contributed by atoms with van der Waals surface area (Å²) >= 11 is 0. The van der Waals surface area contributed by atoms with E-state index in [4.69, 9.17) is 5.11 Å². The molecular formula is C18H31N3O2. The number of aromatic nitrogens is 2. The Balaban J connectivity index is 2.04. The van der Waals surface area contributed by atoms with Gasteiger partial charge in [-0.25, -0.2) is 0 Å². The first-order valence-electron chi connectivity index (χ1n) is 8.58. The van der Waals surface area contributed by atoms with Crippen LogP contribution in [0.2, 0.25) is 0 Å². The molecule has 1 fully saturated rings. The zero-order chi connectivity index (χ0) is 16.9. The van der Waals surface area contributed by atoms with Crippen LogP contribution >= 0.6 is 0 Å². The van der Waals surface area contributed by atoms with Crippen LogP contribution in [0.1, 0.15) is 44.4 Å². The first-order valence-corrected chi connectivity index (χ1v) is 8.58. The van der Waals surface area contributed by atoms with Gasteiger partial charge in [0.15, 0.2) is 0 Å². The van der Waals surface area contributed by atoms with Crippen LogP contribution in [0.3, 0.4) is 0 Å². The number of rotatable bonds is 7. The van der Waals surface area contributed by atoms with Gasteiger partial charge in [-0.05, 0) is 46.6 Å². The van der Waals surface area contributed by atoms with E-state index >= 15 is 0 Å². The molecule has 1 aromatic heterocycles. The van der Waals surface area contributed by atoms with Crippen molar-refractivity contribution >= 4 is 0 Å². The Labute approximate surface area is 139 Å². The van der Waals surface area contributed by atoms with Crippen LogP contribution in [-0.2, 0) is 13.1 Å². The molecule has 1 unspecified atom stereocenters. The molecule has 1 saturated heterocycles. The number of piperidine rings is 1. The van der Waals surface area contributed by atoms with E-state index in [0.717, 1.165) is 44.6 Å². The van der Waals surface area contributed by atoms with Crippen LogP contribution in [0.25, 0.3) is 0 Å². The third kappa shape index (κ3) is 4.90. The maximum Gasteiger partial charge on any atom is 0.0641 e. The van der Waals surface area contributed by atoms with Crippen molar-refractivity contribution in [2.45, 2.75) is 53.1 Å². The second-order valence-corrected chi connectivity index (χ2v) is 7.18. The molecule has 2 N–H and O–H groups in total. The SMILES string of the molecule is CC(C)=CCC1(CO)CCCN(Cc2cn(CCO)nc2C)C1. The fourth-order valence-electron chi connectivity index (χ4n) is 3.40. The van der Waals surface area contributed by atoms with E-state index in [9.17, 15) is 5.11 Å². The molecule has 0 saturated carbocycles. The second-order valence-electron chi connectivity index (χ2n) is 7.18. The van der Waals surface area contributed by atoms with Crippen LogP contribution in [0.15, 0.2) is 17.8 Å². The number of hydrogen-bond donors (Lipinski definition) is 2. The van der Waals surface area contributed by atoms with Crippen LogP contribution < -0.4 is 0 Å². The minimum atomic E-state index is -0.00941. The Bertz CT molecular complexity index is 534. The molecule has 1 aromatic rings. The highest BCUT2D eigenvalue weighted by molar-refractivity contribution is 5.15. The summed E-state index contributed by atoms with van der Waals surface area (Å²) in [4.78, 5) is 2.44. The van der Waals surface area contributed by atoms with Crippen LogP contribution in [0.4, 0.5) is 0 Å². The number of hydrogen-bond acceptors (Lipinski definition) is 4. The molecule has 0 aromatic carbocycles. The van der Waals surface area contributed by atoms with E-state index in [1.165, 1.54) is 11.1 Å². The minimum absolute atomic E-state index is 0.00941. The number of aliphatic hydroxyl groups is 2. The smallest absolute Gasteiger partial charge is 0.0641 e. The van der Waals surface area contributed by atoms with Crippen molar-refractivity contribution in [3.8, 4) is 0 Å². The number of likely N-dealkylation sites (tertiary alicyclic amines) is 1. The lowest BCUT2D eigenvalue weighted by molar-refractivity contribution is 0.0306. The lowest BCUT2D eigenvalue weighted by atomic mass is 9.77. The van der Waals surface area contributed by atoms with E-state index in [1.54, 1.807) is 0 Å². The van der Waals surface area contributed by atoms with Crippen molar-refractivity contribution in [2.24, 2.45) is 5.41 Å². The Morgan fingerprint density at radius 2 is 2.17 bits per heavy atom. The zero-order valence-electron chi connectivity index (χ0n) is 14.8. The minimum Gasteiger partial charge on any atom is -0.396 e. The summed E-state index contributed by atoms with van der Waals surface area (Å²) < 4.78 is 1.82. The number of aliphatic hydroxyl groups excluding tert-OH is 2. The van der Waals surface area contributed by atoms with Crippen LogP contribution in [0.5, 0.6) is 0 Å². The van der Waals surface area contributed by atoms with E-state index < -0.39 is 0 Å². The first kappa shape index (κ1) is 18.2. The normalized spacial score (nSPS) is 22.3. The molecular weight excluding hydrogens is 290 g/mol. The summed E-state index contributed by atoms with van der Waals surface area (Å²) in [6.07, 6.45) is 7.46. The lowest BCUT2D eigenvalue weighted by Gasteiger charge is -2.41. The predicted octanol–water partition coefficient (Wildman–Crippen LogP) is 2.11. The third-order valence-electron chi connectivity index (χ3n) is 4.79. The Kier molecular flexibility index (Phi) is 6.39. The largest absolute Gasteiger partial charge is 0.396 e. The van der Waals surface area contributed by atoms with Crippen molar-refractivity contribution in [1.82, 2.24) is 14.7 Å². The van der Waals surface area contributed by atoms with Gasteiger partial charge in [-0.3, -0.25) is 9.58 Å². The summed E-state index contributed by atoms with van der Waals surface area (Å²) in [6.45, 7) is 10.0. The van der Waals surface area contributed by atoms with Crippen molar-refractivity contribution < 1.29 is 10.2 Å². The van der Waals surface area contributed by atoms with Crippen molar-refractivity contribution in [1.29, 1.82) is 0 Å². The topological polar surface area (TPSA) is 61.5 Å². The second kappa shape index (κ2) is 8.08. The van der Waals surface area contributed by atoms with E-state index in [-0.39, 0.29) is 18.6 Å². The summed E-state index contributed by atoms with van der Waals surface area (Å²) in [5, 5.41) is 23.5. The average Bonchev–Trinajstić information content (AvgIpc) is 2.86. The number of nitrogens with zero attached hydrogens (tertiary/aromatic N) is 3. The highest BCUT2D eigenvalue weighted by atomic mass is 16.3. The Hall–Kier alpha value is -1.17. The van der Waals surface area contributed by atoms with Gasteiger partial charge in [0.1, 0.15) is 0 Å². The molecule has 23 heavy (non-hydrogen) atoms. The van der Waals surface area contributed by atoms with E-state index in [1.807, 2.05) is 17.8 Å². The van der Waals surface area contributed by atoms with Gasteiger partial charge in [-0.2, -0.15) is 5.10 Å². The average molecular weight is 321 g/mol. The van der Waals surface area contributed by atoms with Crippen LogP contribution in [-0.4, -0.2) is 51.2 Å². The predicted molar refractivity (Wildman–Crippen MR) is 92.1 cm³/mol. The van der Waals surface area contributed by atoms with Gasteiger partial charge >= 0.3 is 0 Å². The molecule has 1 aliphatic heterocycles. The van der Waals surface area contributed by atoms with Gasteiger partial charge in [0.25, 0.3) is 0 Å². The molecule has 0 aliphatic carbocycles. The van der Waals surface area contributed by atoms with Gasteiger partial charge in [0.2, 0.25) is 0 Å². The summed E-state index contributed by atoms with van der Waals surface area (Å²) in [5.41, 5.74) is 3.55. The summed E-state index contributed by atoms with van der Waals surface area (Å²) in [6, 6.07) is 0. The lowest BCUT2D eigenvalue weighted by Crippen LogP contribution is -2.44. The van der Waals surface area contributed by atoms with E-state index in [2.05, 4.69) is 29.9 Å². The van der Waals surface area contributed by atoms with Gasteiger partial charge in [-0.1, -0.05) is 11.6 Å². The molecule has 130 valence electrons. The molecule has 0 radical (unpaired) electrons. The quantitative estimate of drug-likeness (QED) is 0.755. The fourth-order valence-corrected chi connectivity index (χ4v) is 3.40. The molecule has 5 nitrogen and oxygen atoms in total. The highest BCUT2D eigenvalue weighted by Gasteiger charge is 2.34. The molecule has 0 bridgehead atoms. The number of allylic oxidation sites excluding steroid dienone is 2. The van der Waals surface area contributed by atoms with Gasteiger partial charge in [0, 0.05) is 30.3 Å². The molecule has 2 heterocycles. The molecule has 1 aliphatic rings. The van der Waals surface area contributed by atoms with Crippen molar-refractivity contribution in [2.75, 3.05) is 26.3 Å².